The number of nitrogens with one attached hydrogen (secondary N) is 1. The Hall–Kier alpha value is -2.55. The van der Waals surface area contributed by atoms with Gasteiger partial charge >= 0.3 is 13.8 Å². The van der Waals surface area contributed by atoms with Crippen molar-refractivity contribution in [2.24, 2.45) is 0 Å². The van der Waals surface area contributed by atoms with Crippen LogP contribution >= 0.6 is 7.82 Å². The minimum Gasteiger partial charge on any atom is -0.456 e. The summed E-state index contributed by atoms with van der Waals surface area (Å²) in [5.41, 5.74) is 0. The molecule has 1 amide bonds. The maximum Gasteiger partial charge on any atom is 0.472 e. The molecular weight excluding hydrogens is 964 g/mol. The van der Waals surface area contributed by atoms with E-state index in [0.29, 0.717) is 17.4 Å². The molecule has 0 radical (unpaired) electrons. The quantitative estimate of drug-likeness (QED) is 0.0205. The molecule has 0 heterocycles. The molecule has 76 heavy (non-hydrogen) atoms. The molecule has 0 aliphatic rings. The summed E-state index contributed by atoms with van der Waals surface area (Å²) in [7, 11) is 1.48. The summed E-state index contributed by atoms with van der Waals surface area (Å²) >= 11 is 0. The second kappa shape index (κ2) is 55.8. The standard InChI is InChI=1S/C66H121N2O7P/c1-7-10-13-16-19-22-25-27-29-30-31-32-33-34-35-36-37-38-39-41-44-47-50-53-56-59-66(70)75-64(57-54-51-48-45-42-24-21-18-15-12-9-3)63(62-74-76(71,72)73-61-60-68(4,5)6)67-65(69)58-55-52-49-46-43-40-28-26-23-20-17-14-11-8-2/h19,22,27,29,31-32,34-35,40,43,54,57,63-64H,7-18,20-21,23-26,28,30,33,36-39,41-42,44-53,55-56,58-62H2,1-6H3,(H-,67,69,71,72)/p+1/b22-19-,29-27-,32-31-,35-34-,43-40-,57-54-. The van der Waals surface area contributed by atoms with E-state index >= 15 is 0 Å². The van der Waals surface area contributed by atoms with Crippen molar-refractivity contribution < 1.29 is 37.3 Å². The smallest absolute Gasteiger partial charge is 0.456 e. The van der Waals surface area contributed by atoms with Gasteiger partial charge in [0, 0.05) is 12.8 Å². The number of carbonyl (C=O) groups is 2. The number of quaternary nitrogens is 1. The average molecular weight is 1090 g/mol. The van der Waals surface area contributed by atoms with Gasteiger partial charge in [0.25, 0.3) is 0 Å². The average Bonchev–Trinajstić information content (AvgIpc) is 3.38. The summed E-state index contributed by atoms with van der Waals surface area (Å²) in [6.45, 7) is 6.97. The van der Waals surface area contributed by atoms with Crippen molar-refractivity contribution in [1.82, 2.24) is 5.32 Å². The molecule has 0 rings (SSSR count). The highest BCUT2D eigenvalue weighted by atomic mass is 31.2. The molecule has 0 aliphatic carbocycles. The number of amides is 1. The van der Waals surface area contributed by atoms with Crippen LogP contribution in [0.15, 0.2) is 72.9 Å². The first-order chi connectivity index (χ1) is 36.9. The lowest BCUT2D eigenvalue weighted by Gasteiger charge is -2.27. The van der Waals surface area contributed by atoms with Crippen molar-refractivity contribution >= 4 is 19.7 Å². The van der Waals surface area contributed by atoms with Gasteiger partial charge in [-0.3, -0.25) is 18.6 Å². The summed E-state index contributed by atoms with van der Waals surface area (Å²) in [5.74, 6) is -0.528. The van der Waals surface area contributed by atoms with Crippen molar-refractivity contribution in [3.05, 3.63) is 72.9 Å². The van der Waals surface area contributed by atoms with Gasteiger partial charge in [0.15, 0.2) is 0 Å². The number of likely N-dealkylation sites (N-methyl/N-ethyl adjacent to an activating group) is 1. The van der Waals surface area contributed by atoms with Crippen LogP contribution in [0.4, 0.5) is 0 Å². The number of allylic oxidation sites excluding steroid dienone is 11. The van der Waals surface area contributed by atoms with Crippen LogP contribution in [0.1, 0.15) is 284 Å². The maximum absolute atomic E-state index is 13.5. The predicted molar refractivity (Wildman–Crippen MR) is 328 cm³/mol. The van der Waals surface area contributed by atoms with Crippen LogP contribution in [0.25, 0.3) is 0 Å². The largest absolute Gasteiger partial charge is 0.472 e. The fourth-order valence-electron chi connectivity index (χ4n) is 8.92. The Labute approximate surface area is 470 Å². The van der Waals surface area contributed by atoms with E-state index in [0.717, 1.165) is 103 Å². The number of esters is 1. The number of nitrogens with zero attached hydrogens (tertiary/aromatic N) is 1. The van der Waals surface area contributed by atoms with Gasteiger partial charge in [-0.1, -0.05) is 242 Å². The Balaban J connectivity index is 5.14. The molecule has 0 aromatic rings. The van der Waals surface area contributed by atoms with Crippen LogP contribution in [-0.4, -0.2) is 74.3 Å². The first kappa shape index (κ1) is 73.5. The van der Waals surface area contributed by atoms with E-state index in [1.165, 1.54) is 148 Å². The summed E-state index contributed by atoms with van der Waals surface area (Å²) in [6.07, 6.45) is 71.9. The topological polar surface area (TPSA) is 111 Å². The molecular formula is C66H122N2O7P+. The number of ether oxygens (including phenoxy) is 1. The third kappa shape index (κ3) is 56.2. The number of phosphoric acid groups is 1. The minimum absolute atomic E-state index is 0.0347. The Kier molecular flexibility index (Phi) is 53.9. The fraction of sp³-hybridized carbons (Fsp3) is 0.788. The van der Waals surface area contributed by atoms with Crippen molar-refractivity contribution in [2.45, 2.75) is 296 Å². The highest BCUT2D eigenvalue weighted by Crippen LogP contribution is 2.43. The van der Waals surface area contributed by atoms with Gasteiger partial charge in [-0.2, -0.15) is 0 Å². The SMILES string of the molecule is CCCCC/C=C\C/C=C\C/C=C\C/C=C\CCCCCCCCCCCC(=O)OC(/C=C\CCCCCCCCCCC)C(COP(=O)(O)OCC[N+](C)(C)C)NC(=O)CCCCC/C=C\CCCCCCCCC. The second-order valence-corrected chi connectivity index (χ2v) is 24.0. The lowest BCUT2D eigenvalue weighted by molar-refractivity contribution is -0.870. The zero-order chi connectivity index (χ0) is 55.7. The monoisotopic (exact) mass is 1090 g/mol. The Bertz CT molecular complexity index is 1530. The summed E-state index contributed by atoms with van der Waals surface area (Å²) in [4.78, 5) is 37.7. The third-order valence-corrected chi connectivity index (χ3v) is 14.9. The van der Waals surface area contributed by atoms with Crippen molar-refractivity contribution in [3.63, 3.8) is 0 Å². The molecule has 0 aromatic carbocycles. The van der Waals surface area contributed by atoms with Crippen molar-refractivity contribution in [2.75, 3.05) is 40.9 Å². The second-order valence-electron chi connectivity index (χ2n) is 22.6. The fourth-order valence-corrected chi connectivity index (χ4v) is 9.65. The van der Waals surface area contributed by atoms with E-state index in [2.05, 4.69) is 86.8 Å². The minimum atomic E-state index is -4.45. The normalized spacial score (nSPS) is 14.1. The van der Waals surface area contributed by atoms with Gasteiger partial charge in [-0.25, -0.2) is 4.57 Å². The molecule has 3 atom stereocenters. The third-order valence-electron chi connectivity index (χ3n) is 13.9. The Morgan fingerprint density at radius 3 is 1.25 bits per heavy atom. The molecule has 2 N–H and O–H groups in total. The molecule has 3 unspecified atom stereocenters. The van der Waals surface area contributed by atoms with Crippen LogP contribution in [0.5, 0.6) is 0 Å². The van der Waals surface area contributed by atoms with Crippen LogP contribution in [0, 0.1) is 0 Å². The number of rotatable bonds is 57. The molecule has 0 aliphatic heterocycles. The van der Waals surface area contributed by atoms with Gasteiger partial charge in [-0.15, -0.1) is 0 Å². The molecule has 0 saturated heterocycles. The first-order valence-electron chi connectivity index (χ1n) is 31.8. The van der Waals surface area contributed by atoms with Crippen LogP contribution in [-0.2, 0) is 27.9 Å². The zero-order valence-corrected chi connectivity index (χ0v) is 51.4. The molecule has 9 nitrogen and oxygen atoms in total. The molecule has 0 aromatic heterocycles. The van der Waals surface area contributed by atoms with E-state index in [1.54, 1.807) is 0 Å². The lowest BCUT2D eigenvalue weighted by Crippen LogP contribution is -2.47. The molecule has 0 saturated carbocycles. The van der Waals surface area contributed by atoms with E-state index in [4.69, 9.17) is 13.8 Å². The van der Waals surface area contributed by atoms with E-state index < -0.39 is 20.0 Å². The maximum atomic E-state index is 13.5. The van der Waals surface area contributed by atoms with Crippen LogP contribution in [0.3, 0.4) is 0 Å². The Morgan fingerprint density at radius 2 is 0.803 bits per heavy atom. The summed E-state index contributed by atoms with van der Waals surface area (Å²) in [5, 5.41) is 3.04. The van der Waals surface area contributed by atoms with Crippen LogP contribution in [0.2, 0.25) is 0 Å². The highest BCUT2D eigenvalue weighted by molar-refractivity contribution is 7.47. The lowest BCUT2D eigenvalue weighted by atomic mass is 10.1. The van der Waals surface area contributed by atoms with Crippen molar-refractivity contribution in [1.29, 1.82) is 0 Å². The zero-order valence-electron chi connectivity index (χ0n) is 50.5. The molecule has 0 spiro atoms. The molecule has 442 valence electrons. The number of hydrogen-bond donors (Lipinski definition) is 2. The van der Waals surface area contributed by atoms with E-state index in [9.17, 15) is 19.0 Å². The highest BCUT2D eigenvalue weighted by Gasteiger charge is 2.30. The van der Waals surface area contributed by atoms with E-state index in [1.807, 2.05) is 33.3 Å². The summed E-state index contributed by atoms with van der Waals surface area (Å²) < 4.78 is 30.7. The predicted octanol–water partition coefficient (Wildman–Crippen LogP) is 19.6. The number of unbranched alkanes of at least 4 members (excludes halogenated alkanes) is 31. The van der Waals surface area contributed by atoms with E-state index in [-0.39, 0.29) is 31.5 Å². The number of carbonyl (C=O) groups excluding carboxylic acids is 2. The number of hydrogen-bond acceptors (Lipinski definition) is 6. The van der Waals surface area contributed by atoms with Crippen LogP contribution < -0.4 is 5.32 Å². The van der Waals surface area contributed by atoms with Gasteiger partial charge in [-0.05, 0) is 102 Å². The van der Waals surface area contributed by atoms with Crippen molar-refractivity contribution in [3.8, 4) is 0 Å². The Morgan fingerprint density at radius 1 is 0.461 bits per heavy atom. The molecule has 10 heteroatoms. The van der Waals surface area contributed by atoms with Gasteiger partial charge in [0.2, 0.25) is 5.91 Å². The molecule has 0 bridgehead atoms. The van der Waals surface area contributed by atoms with Gasteiger partial charge in [0.1, 0.15) is 19.3 Å². The van der Waals surface area contributed by atoms with Gasteiger partial charge in [0.05, 0.1) is 33.8 Å². The number of phosphoric ester groups is 1. The first-order valence-corrected chi connectivity index (χ1v) is 33.3. The molecule has 0 fully saturated rings. The van der Waals surface area contributed by atoms with Gasteiger partial charge < -0.3 is 19.4 Å². The summed E-state index contributed by atoms with van der Waals surface area (Å²) in [6, 6.07) is -0.860.